The van der Waals surface area contributed by atoms with Crippen molar-refractivity contribution in [3.05, 3.63) is 12.7 Å². The molecule has 0 aromatic heterocycles. The molecule has 1 atom stereocenters. The Balaban J connectivity index is 3.86. The minimum atomic E-state index is -0.960. The molecule has 0 radical (unpaired) electrons. The van der Waals surface area contributed by atoms with Gasteiger partial charge in [-0.3, -0.25) is 0 Å². The number of carboxylic acids is 1. The van der Waals surface area contributed by atoms with Crippen LogP contribution in [-0.2, 0) is 4.79 Å². The second-order valence-electron chi connectivity index (χ2n) is 1.70. The highest BCUT2D eigenvalue weighted by molar-refractivity contribution is 5.73. The lowest BCUT2D eigenvalue weighted by atomic mass is 10.2. The van der Waals surface area contributed by atoms with Crippen molar-refractivity contribution in [3.63, 3.8) is 0 Å². The van der Waals surface area contributed by atoms with Crippen molar-refractivity contribution in [1.82, 2.24) is 5.32 Å². The van der Waals surface area contributed by atoms with Gasteiger partial charge in [-0.1, -0.05) is 12.5 Å². The molecule has 0 spiro atoms. The molecule has 3 nitrogen and oxygen atoms in total. The first kappa shape index (κ1) is 8.57. The highest BCUT2D eigenvalue weighted by atomic mass is 16.4. The number of rotatable bonds is 4. The standard InChI is InChI=1S/C7H9NO2/c1-3-5-6(7(9)10)8-4-2/h2-3,6,8H,1,5H2,(H,9,10). The monoisotopic (exact) mass is 139 g/mol. The van der Waals surface area contributed by atoms with Crippen molar-refractivity contribution in [1.29, 1.82) is 0 Å². The molecule has 0 fully saturated rings. The predicted molar refractivity (Wildman–Crippen MR) is 38.2 cm³/mol. The molecule has 2 N–H and O–H groups in total. The third-order valence-corrected chi connectivity index (χ3v) is 0.958. The molecule has 0 amide bonds. The van der Waals surface area contributed by atoms with Gasteiger partial charge >= 0.3 is 5.97 Å². The summed E-state index contributed by atoms with van der Waals surface area (Å²) in [6.07, 6.45) is 6.67. The van der Waals surface area contributed by atoms with Crippen LogP contribution in [0.25, 0.3) is 0 Å². The minimum absolute atomic E-state index is 0.333. The zero-order valence-electron chi connectivity index (χ0n) is 5.50. The summed E-state index contributed by atoms with van der Waals surface area (Å²) in [6, 6.07) is 1.35. The molecule has 0 heterocycles. The fourth-order valence-corrected chi connectivity index (χ4v) is 0.489. The minimum Gasteiger partial charge on any atom is -0.480 e. The van der Waals surface area contributed by atoms with Crippen LogP contribution >= 0.6 is 0 Å². The Kier molecular flexibility index (Phi) is 3.81. The van der Waals surface area contributed by atoms with E-state index in [1.165, 1.54) is 6.08 Å². The summed E-state index contributed by atoms with van der Waals surface area (Å²) in [5.74, 6) is -0.960. The Hall–Kier alpha value is -1.43. The van der Waals surface area contributed by atoms with Crippen molar-refractivity contribution in [2.24, 2.45) is 0 Å². The van der Waals surface area contributed by atoms with Crippen molar-refractivity contribution >= 4 is 5.97 Å². The van der Waals surface area contributed by atoms with E-state index < -0.39 is 12.0 Å². The fourth-order valence-electron chi connectivity index (χ4n) is 0.489. The maximum atomic E-state index is 10.3. The largest absolute Gasteiger partial charge is 0.480 e. The van der Waals surface area contributed by atoms with E-state index in [0.29, 0.717) is 6.42 Å². The summed E-state index contributed by atoms with van der Waals surface area (Å²) >= 11 is 0. The van der Waals surface area contributed by atoms with Gasteiger partial charge in [-0.15, -0.1) is 6.58 Å². The zero-order chi connectivity index (χ0) is 7.98. The van der Waals surface area contributed by atoms with Crippen LogP contribution in [-0.4, -0.2) is 17.1 Å². The van der Waals surface area contributed by atoms with Gasteiger partial charge in [0.15, 0.2) is 0 Å². The van der Waals surface area contributed by atoms with E-state index in [-0.39, 0.29) is 0 Å². The Labute approximate surface area is 59.7 Å². The average Bonchev–Trinajstić information content (AvgIpc) is 1.87. The SMILES string of the molecule is C#CNC(CC=C)C(=O)O. The molecule has 0 rings (SSSR count). The first-order valence-electron chi connectivity index (χ1n) is 2.77. The Morgan fingerprint density at radius 2 is 2.60 bits per heavy atom. The molecule has 0 aliphatic carbocycles. The van der Waals surface area contributed by atoms with E-state index in [1.807, 2.05) is 0 Å². The van der Waals surface area contributed by atoms with Gasteiger partial charge in [-0.2, -0.15) is 0 Å². The fraction of sp³-hybridized carbons (Fsp3) is 0.286. The van der Waals surface area contributed by atoms with Crippen LogP contribution < -0.4 is 5.32 Å². The third-order valence-electron chi connectivity index (χ3n) is 0.958. The molecule has 0 saturated heterocycles. The Bertz CT molecular complexity index is 169. The maximum absolute atomic E-state index is 10.3. The van der Waals surface area contributed by atoms with E-state index in [2.05, 4.69) is 17.9 Å². The molecule has 10 heavy (non-hydrogen) atoms. The molecule has 0 saturated carbocycles. The molecule has 0 aliphatic heterocycles. The van der Waals surface area contributed by atoms with Gasteiger partial charge < -0.3 is 10.4 Å². The zero-order valence-corrected chi connectivity index (χ0v) is 5.50. The van der Waals surface area contributed by atoms with E-state index in [0.717, 1.165) is 0 Å². The molecule has 0 bridgehead atoms. The summed E-state index contributed by atoms with van der Waals surface area (Å²) in [4.78, 5) is 10.3. The predicted octanol–water partition coefficient (Wildman–Crippen LogP) is 0.196. The first-order valence-corrected chi connectivity index (χ1v) is 2.77. The van der Waals surface area contributed by atoms with E-state index in [9.17, 15) is 4.79 Å². The number of terminal acetylenes is 1. The lowest BCUT2D eigenvalue weighted by Crippen LogP contribution is -2.32. The Morgan fingerprint density at radius 3 is 2.90 bits per heavy atom. The smallest absolute Gasteiger partial charge is 0.327 e. The van der Waals surface area contributed by atoms with Crippen LogP contribution in [0.5, 0.6) is 0 Å². The van der Waals surface area contributed by atoms with Crippen molar-refractivity contribution in [2.45, 2.75) is 12.5 Å². The number of carboxylic acid groups (broad SMARTS) is 1. The summed E-state index contributed by atoms with van der Waals surface area (Å²) in [7, 11) is 0. The van der Waals surface area contributed by atoms with Crippen LogP contribution in [0.2, 0.25) is 0 Å². The third kappa shape index (κ3) is 2.78. The van der Waals surface area contributed by atoms with Gasteiger partial charge in [0.1, 0.15) is 6.04 Å². The topological polar surface area (TPSA) is 49.3 Å². The van der Waals surface area contributed by atoms with E-state index >= 15 is 0 Å². The summed E-state index contributed by atoms with van der Waals surface area (Å²) in [6.45, 7) is 3.39. The second kappa shape index (κ2) is 4.45. The molecule has 0 aromatic rings. The quantitative estimate of drug-likeness (QED) is 0.332. The highest BCUT2D eigenvalue weighted by Crippen LogP contribution is 1.90. The molecule has 3 heteroatoms. The van der Waals surface area contributed by atoms with Gasteiger partial charge in [0.05, 0.1) is 0 Å². The van der Waals surface area contributed by atoms with Crippen molar-refractivity contribution in [3.8, 4) is 12.5 Å². The second-order valence-corrected chi connectivity index (χ2v) is 1.70. The van der Waals surface area contributed by atoms with E-state index in [1.54, 1.807) is 0 Å². The maximum Gasteiger partial charge on any atom is 0.327 e. The molecular weight excluding hydrogens is 130 g/mol. The average molecular weight is 139 g/mol. The number of nitrogens with one attached hydrogen (secondary N) is 1. The molecule has 0 aliphatic rings. The molecular formula is C7H9NO2. The first-order chi connectivity index (χ1) is 4.72. The summed E-state index contributed by atoms with van der Waals surface area (Å²) < 4.78 is 0. The number of carbonyl (C=O) groups is 1. The van der Waals surface area contributed by atoms with Crippen LogP contribution in [0.1, 0.15) is 6.42 Å². The van der Waals surface area contributed by atoms with Crippen molar-refractivity contribution in [2.75, 3.05) is 0 Å². The number of aliphatic carboxylic acids is 1. The number of hydrogen-bond acceptors (Lipinski definition) is 2. The van der Waals surface area contributed by atoms with Gasteiger partial charge in [0.2, 0.25) is 0 Å². The number of hydrogen-bond donors (Lipinski definition) is 2. The van der Waals surface area contributed by atoms with Crippen LogP contribution in [0.3, 0.4) is 0 Å². The van der Waals surface area contributed by atoms with Gasteiger partial charge in [-0.25, -0.2) is 4.79 Å². The van der Waals surface area contributed by atoms with Gasteiger partial charge in [0, 0.05) is 6.04 Å². The summed E-state index contributed by atoms with van der Waals surface area (Å²) in [5.41, 5.74) is 0. The van der Waals surface area contributed by atoms with Crippen molar-refractivity contribution < 1.29 is 9.90 Å². The Morgan fingerprint density at radius 1 is 2.00 bits per heavy atom. The van der Waals surface area contributed by atoms with Gasteiger partial charge in [-0.05, 0) is 6.42 Å². The lowest BCUT2D eigenvalue weighted by molar-refractivity contribution is -0.139. The lowest BCUT2D eigenvalue weighted by Gasteiger charge is -2.06. The normalized spacial score (nSPS) is 11.1. The van der Waals surface area contributed by atoms with E-state index in [4.69, 9.17) is 11.5 Å². The van der Waals surface area contributed by atoms with Crippen LogP contribution in [0.15, 0.2) is 12.7 Å². The molecule has 0 aromatic carbocycles. The molecule has 1 unspecified atom stereocenters. The summed E-state index contributed by atoms with van der Waals surface area (Å²) in [5, 5.41) is 10.8. The highest BCUT2D eigenvalue weighted by Gasteiger charge is 2.12. The van der Waals surface area contributed by atoms with Crippen LogP contribution in [0, 0.1) is 12.5 Å². The van der Waals surface area contributed by atoms with Crippen LogP contribution in [0.4, 0.5) is 0 Å². The van der Waals surface area contributed by atoms with Gasteiger partial charge in [0.25, 0.3) is 0 Å². The molecule has 54 valence electrons.